The molecule has 3 aromatic rings. The van der Waals surface area contributed by atoms with Crippen LogP contribution < -0.4 is 10.6 Å². The highest BCUT2D eigenvalue weighted by Gasteiger charge is 2.51. The van der Waals surface area contributed by atoms with Crippen molar-refractivity contribution in [2.24, 2.45) is 0 Å². The average Bonchev–Trinajstić information content (AvgIpc) is 3.13. The molecule has 1 aliphatic rings. The Morgan fingerprint density at radius 3 is 2.71 bits per heavy atom. The summed E-state index contributed by atoms with van der Waals surface area (Å²) in [5.74, 6) is -0.849. The highest BCUT2D eigenvalue weighted by Crippen LogP contribution is 2.38. The molecule has 6 nitrogen and oxygen atoms in total. The lowest BCUT2D eigenvalue weighted by molar-refractivity contribution is -0.259. The number of halogens is 5. The normalized spacial score (nSPS) is 21.8. The Kier molecular flexibility index (Phi) is 5.34. The number of piperidine rings is 1. The minimum absolute atomic E-state index is 0.165. The molecule has 0 unspecified atom stereocenters. The lowest BCUT2D eigenvalue weighted by atomic mass is 9.97. The van der Waals surface area contributed by atoms with Gasteiger partial charge in [-0.25, -0.2) is 18.7 Å². The summed E-state index contributed by atoms with van der Waals surface area (Å²) < 4.78 is 69.5. The Labute approximate surface area is 174 Å². The molecule has 0 aromatic carbocycles. The highest BCUT2D eigenvalue weighted by molar-refractivity contribution is 5.62. The van der Waals surface area contributed by atoms with Crippen LogP contribution in [0.15, 0.2) is 36.7 Å². The molecule has 3 atom stereocenters. The number of hydrogen-bond acceptors (Lipinski definition) is 5. The zero-order valence-electron chi connectivity index (χ0n) is 16.4. The molecule has 4 heterocycles. The molecule has 31 heavy (non-hydrogen) atoms. The van der Waals surface area contributed by atoms with Crippen molar-refractivity contribution in [1.82, 2.24) is 19.7 Å². The van der Waals surface area contributed by atoms with Crippen LogP contribution in [0.5, 0.6) is 0 Å². The van der Waals surface area contributed by atoms with Crippen LogP contribution in [-0.2, 0) is 5.60 Å². The standard InChI is InChI=1S/C20H20F5N5O/c1-19(31,20(23,24)25)11-2-5-17-27-9-16(30(17)10-11)14-4-3-13(22)18(28-14)29-15-8-26-7-6-12(15)21/h2-5,9-10,12,15,26,31H,6-8H2,1H3,(H,28,29)/t12-,15-,19-/m0/s1. The van der Waals surface area contributed by atoms with Crippen molar-refractivity contribution in [2.45, 2.75) is 37.3 Å². The lowest BCUT2D eigenvalue weighted by Gasteiger charge is -2.28. The van der Waals surface area contributed by atoms with Crippen molar-refractivity contribution in [3.63, 3.8) is 0 Å². The summed E-state index contributed by atoms with van der Waals surface area (Å²) in [6.45, 7) is 1.49. The van der Waals surface area contributed by atoms with E-state index in [0.29, 0.717) is 25.7 Å². The molecule has 0 radical (unpaired) electrons. The Morgan fingerprint density at radius 1 is 1.23 bits per heavy atom. The minimum Gasteiger partial charge on any atom is -0.376 e. The molecule has 11 heteroatoms. The van der Waals surface area contributed by atoms with Crippen LogP contribution in [0, 0.1) is 5.82 Å². The van der Waals surface area contributed by atoms with Gasteiger partial charge < -0.3 is 15.7 Å². The Morgan fingerprint density at radius 2 is 2.00 bits per heavy atom. The number of nitrogens with zero attached hydrogens (tertiary/aromatic N) is 3. The fraction of sp³-hybridized carbons (Fsp3) is 0.400. The van der Waals surface area contributed by atoms with Gasteiger partial charge in [0, 0.05) is 18.3 Å². The molecule has 3 N–H and O–H groups in total. The number of alkyl halides is 4. The van der Waals surface area contributed by atoms with Crippen molar-refractivity contribution in [3.8, 4) is 11.4 Å². The third kappa shape index (κ3) is 3.94. The van der Waals surface area contributed by atoms with Gasteiger partial charge in [-0.05, 0) is 38.1 Å². The maximum Gasteiger partial charge on any atom is 0.421 e. The van der Waals surface area contributed by atoms with Crippen LogP contribution in [0.2, 0.25) is 0 Å². The van der Waals surface area contributed by atoms with E-state index >= 15 is 0 Å². The van der Waals surface area contributed by atoms with Crippen LogP contribution >= 0.6 is 0 Å². The average molecular weight is 441 g/mol. The predicted octanol–water partition coefficient (Wildman–Crippen LogP) is 3.42. The van der Waals surface area contributed by atoms with Crippen molar-refractivity contribution in [3.05, 3.63) is 48.0 Å². The summed E-state index contributed by atoms with van der Waals surface area (Å²) in [4.78, 5) is 8.34. The summed E-state index contributed by atoms with van der Waals surface area (Å²) in [7, 11) is 0. The van der Waals surface area contributed by atoms with E-state index in [4.69, 9.17) is 0 Å². The summed E-state index contributed by atoms with van der Waals surface area (Å²) >= 11 is 0. The summed E-state index contributed by atoms with van der Waals surface area (Å²) in [6, 6.07) is 4.31. The van der Waals surface area contributed by atoms with Gasteiger partial charge in [0.05, 0.1) is 23.6 Å². The molecule has 3 aromatic heterocycles. The SMILES string of the molecule is C[C@](O)(c1ccc2ncc(-c3ccc(F)c(N[C@H]4CNCC[C@@H]4F)n3)n2c1)C(F)(F)F. The summed E-state index contributed by atoms with van der Waals surface area (Å²) in [5.41, 5.74) is -2.63. The van der Waals surface area contributed by atoms with Crippen LogP contribution in [0.4, 0.5) is 27.8 Å². The quantitative estimate of drug-likeness (QED) is 0.541. The van der Waals surface area contributed by atoms with Crippen LogP contribution in [0.25, 0.3) is 17.0 Å². The van der Waals surface area contributed by atoms with Crippen LogP contribution in [0.3, 0.4) is 0 Å². The largest absolute Gasteiger partial charge is 0.421 e. The van der Waals surface area contributed by atoms with Crippen LogP contribution in [0.1, 0.15) is 18.9 Å². The van der Waals surface area contributed by atoms with Gasteiger partial charge in [-0.3, -0.25) is 4.40 Å². The van der Waals surface area contributed by atoms with Gasteiger partial charge in [0.1, 0.15) is 11.8 Å². The van der Waals surface area contributed by atoms with E-state index in [1.165, 1.54) is 22.7 Å². The fourth-order valence-corrected chi connectivity index (χ4v) is 3.45. The minimum atomic E-state index is -4.89. The number of hydrogen-bond donors (Lipinski definition) is 3. The topological polar surface area (TPSA) is 74.5 Å². The monoisotopic (exact) mass is 441 g/mol. The molecular formula is C20H20F5N5O. The molecule has 1 saturated heterocycles. The number of pyridine rings is 2. The van der Waals surface area contributed by atoms with Crippen molar-refractivity contribution < 1.29 is 27.1 Å². The number of aliphatic hydroxyl groups is 1. The van der Waals surface area contributed by atoms with E-state index in [2.05, 4.69) is 20.6 Å². The van der Waals surface area contributed by atoms with E-state index in [-0.39, 0.29) is 29.2 Å². The van der Waals surface area contributed by atoms with E-state index in [1.807, 2.05) is 0 Å². The fourth-order valence-electron chi connectivity index (χ4n) is 3.45. The van der Waals surface area contributed by atoms with Crippen molar-refractivity contribution in [2.75, 3.05) is 18.4 Å². The van der Waals surface area contributed by atoms with Gasteiger partial charge in [-0.1, -0.05) is 6.07 Å². The van der Waals surface area contributed by atoms with Gasteiger partial charge in [0.15, 0.2) is 17.2 Å². The summed E-state index contributed by atoms with van der Waals surface area (Å²) in [5, 5.41) is 15.8. The zero-order valence-corrected chi connectivity index (χ0v) is 16.4. The first-order valence-corrected chi connectivity index (χ1v) is 9.63. The molecule has 0 amide bonds. The molecule has 1 fully saturated rings. The maximum absolute atomic E-state index is 14.3. The second-order valence-corrected chi connectivity index (χ2v) is 7.65. The van der Waals surface area contributed by atoms with Gasteiger partial charge in [0.25, 0.3) is 0 Å². The first kappa shape index (κ1) is 21.4. The molecule has 0 bridgehead atoms. The van der Waals surface area contributed by atoms with E-state index in [1.54, 1.807) is 0 Å². The highest BCUT2D eigenvalue weighted by atomic mass is 19.4. The number of anilines is 1. The molecule has 4 rings (SSSR count). The van der Waals surface area contributed by atoms with Crippen molar-refractivity contribution in [1.29, 1.82) is 0 Å². The van der Waals surface area contributed by atoms with Gasteiger partial charge in [-0.15, -0.1) is 0 Å². The Balaban J connectivity index is 1.72. The Bertz CT molecular complexity index is 1100. The second-order valence-electron chi connectivity index (χ2n) is 7.65. The number of fused-ring (bicyclic) bond motifs is 1. The molecule has 0 spiro atoms. The molecular weight excluding hydrogens is 421 g/mol. The Hall–Kier alpha value is -2.79. The van der Waals surface area contributed by atoms with Gasteiger partial charge >= 0.3 is 6.18 Å². The number of rotatable bonds is 4. The molecule has 1 aliphatic heterocycles. The molecule has 166 valence electrons. The third-order valence-corrected chi connectivity index (χ3v) is 5.45. The first-order valence-electron chi connectivity index (χ1n) is 9.63. The second kappa shape index (κ2) is 7.72. The van der Waals surface area contributed by atoms with Crippen LogP contribution in [-0.4, -0.2) is 51.0 Å². The maximum atomic E-state index is 14.3. The third-order valence-electron chi connectivity index (χ3n) is 5.45. The van der Waals surface area contributed by atoms with E-state index in [0.717, 1.165) is 18.3 Å². The molecule has 0 aliphatic carbocycles. The summed E-state index contributed by atoms with van der Waals surface area (Å²) in [6.07, 6.45) is -3.27. The number of imidazole rings is 1. The van der Waals surface area contributed by atoms with Gasteiger partial charge in [0.2, 0.25) is 0 Å². The number of nitrogens with one attached hydrogen (secondary N) is 2. The number of aromatic nitrogens is 3. The van der Waals surface area contributed by atoms with Crippen molar-refractivity contribution >= 4 is 11.5 Å². The van der Waals surface area contributed by atoms with E-state index < -0.39 is 29.8 Å². The van der Waals surface area contributed by atoms with Gasteiger partial charge in [-0.2, -0.15) is 13.2 Å². The lowest BCUT2D eigenvalue weighted by Crippen LogP contribution is -2.46. The molecule has 0 saturated carbocycles. The smallest absolute Gasteiger partial charge is 0.376 e. The zero-order chi connectivity index (χ0) is 22.4. The van der Waals surface area contributed by atoms with E-state index in [9.17, 15) is 27.1 Å². The predicted molar refractivity (Wildman–Crippen MR) is 104 cm³/mol. The first-order chi connectivity index (χ1) is 14.6.